The molecular formula is C19H22N2S. The van der Waals surface area contributed by atoms with Gasteiger partial charge in [0, 0.05) is 33.4 Å². The van der Waals surface area contributed by atoms with Gasteiger partial charge < -0.3 is 9.88 Å². The highest BCUT2D eigenvalue weighted by molar-refractivity contribution is 7.99. The molecule has 0 saturated heterocycles. The summed E-state index contributed by atoms with van der Waals surface area (Å²) < 4.78 is 0. The maximum absolute atomic E-state index is 3.39. The molecule has 3 heteroatoms. The standard InChI is InChI=1S/C19H22N2S/c1-13-8-9-17(15(10-13)12-21(3)4)22-18-11-20-16-7-5-6-14(2)19(16)18/h5-11,20H,12H2,1-4H3. The van der Waals surface area contributed by atoms with E-state index in [2.05, 4.69) is 80.4 Å². The third-order valence-electron chi connectivity index (χ3n) is 3.80. The number of aromatic nitrogens is 1. The molecule has 1 heterocycles. The normalized spacial score (nSPS) is 11.5. The first-order chi connectivity index (χ1) is 10.5. The molecule has 22 heavy (non-hydrogen) atoms. The molecule has 3 rings (SSSR count). The Kier molecular flexibility index (Phi) is 4.27. The molecule has 2 nitrogen and oxygen atoms in total. The van der Waals surface area contributed by atoms with Gasteiger partial charge in [-0.15, -0.1) is 0 Å². The Balaban J connectivity index is 2.01. The van der Waals surface area contributed by atoms with E-state index < -0.39 is 0 Å². The number of aromatic amines is 1. The largest absolute Gasteiger partial charge is 0.360 e. The number of H-pyrrole nitrogens is 1. The number of benzene rings is 2. The maximum atomic E-state index is 3.39. The van der Waals surface area contributed by atoms with Crippen LogP contribution in [-0.2, 0) is 6.54 Å². The predicted molar refractivity (Wildman–Crippen MR) is 95.7 cm³/mol. The van der Waals surface area contributed by atoms with Gasteiger partial charge in [-0.05, 0) is 51.2 Å². The third kappa shape index (κ3) is 3.06. The van der Waals surface area contributed by atoms with Gasteiger partial charge in [0.1, 0.15) is 0 Å². The van der Waals surface area contributed by atoms with Crippen LogP contribution >= 0.6 is 11.8 Å². The average molecular weight is 310 g/mol. The smallest absolute Gasteiger partial charge is 0.0468 e. The van der Waals surface area contributed by atoms with E-state index in [0.29, 0.717) is 0 Å². The van der Waals surface area contributed by atoms with Crippen LogP contribution in [0, 0.1) is 13.8 Å². The quantitative estimate of drug-likeness (QED) is 0.731. The summed E-state index contributed by atoms with van der Waals surface area (Å²) in [6, 6.07) is 13.2. The Morgan fingerprint density at radius 1 is 1.05 bits per heavy atom. The van der Waals surface area contributed by atoms with Crippen molar-refractivity contribution in [1.29, 1.82) is 0 Å². The van der Waals surface area contributed by atoms with Crippen molar-refractivity contribution in [3.8, 4) is 0 Å². The van der Waals surface area contributed by atoms with Crippen LogP contribution in [0.3, 0.4) is 0 Å². The molecule has 1 N–H and O–H groups in total. The lowest BCUT2D eigenvalue weighted by molar-refractivity contribution is 0.399. The zero-order chi connectivity index (χ0) is 15.7. The lowest BCUT2D eigenvalue weighted by Crippen LogP contribution is -2.11. The average Bonchev–Trinajstić information content (AvgIpc) is 2.86. The van der Waals surface area contributed by atoms with E-state index in [1.54, 1.807) is 0 Å². The van der Waals surface area contributed by atoms with Gasteiger partial charge in [0.25, 0.3) is 0 Å². The molecule has 0 fully saturated rings. The minimum atomic E-state index is 0.964. The number of hydrogen-bond acceptors (Lipinski definition) is 2. The SMILES string of the molecule is Cc1ccc(Sc2c[nH]c3cccc(C)c23)c(CN(C)C)c1. The van der Waals surface area contributed by atoms with Gasteiger partial charge in [0.05, 0.1) is 0 Å². The van der Waals surface area contributed by atoms with E-state index >= 15 is 0 Å². The molecule has 114 valence electrons. The minimum absolute atomic E-state index is 0.964. The van der Waals surface area contributed by atoms with Crippen molar-refractivity contribution in [1.82, 2.24) is 9.88 Å². The molecule has 0 aliphatic heterocycles. The number of rotatable bonds is 4. The maximum Gasteiger partial charge on any atom is 0.0468 e. The van der Waals surface area contributed by atoms with Crippen LogP contribution in [0.4, 0.5) is 0 Å². The zero-order valence-electron chi connectivity index (χ0n) is 13.6. The summed E-state index contributed by atoms with van der Waals surface area (Å²) in [7, 11) is 4.24. The van der Waals surface area contributed by atoms with Gasteiger partial charge in [-0.3, -0.25) is 0 Å². The molecule has 0 aliphatic rings. The fraction of sp³-hybridized carbons (Fsp3) is 0.263. The highest BCUT2D eigenvalue weighted by Gasteiger charge is 2.11. The fourth-order valence-corrected chi connectivity index (χ4v) is 3.92. The molecule has 0 spiro atoms. The number of hydrogen-bond donors (Lipinski definition) is 1. The van der Waals surface area contributed by atoms with Crippen LogP contribution in [0.1, 0.15) is 16.7 Å². The Hall–Kier alpha value is -1.71. The molecule has 1 aromatic heterocycles. The summed E-state index contributed by atoms with van der Waals surface area (Å²) in [4.78, 5) is 8.25. The van der Waals surface area contributed by atoms with Gasteiger partial charge in [-0.2, -0.15) is 0 Å². The monoisotopic (exact) mass is 310 g/mol. The highest BCUT2D eigenvalue weighted by atomic mass is 32.2. The first-order valence-corrected chi connectivity index (χ1v) is 8.35. The van der Waals surface area contributed by atoms with E-state index in [1.807, 2.05) is 11.8 Å². The van der Waals surface area contributed by atoms with Gasteiger partial charge in [0.2, 0.25) is 0 Å². The van der Waals surface area contributed by atoms with Crippen molar-refractivity contribution >= 4 is 22.7 Å². The number of aryl methyl sites for hydroxylation is 2. The highest BCUT2D eigenvalue weighted by Crippen LogP contribution is 2.37. The van der Waals surface area contributed by atoms with Gasteiger partial charge in [-0.25, -0.2) is 0 Å². The second-order valence-electron chi connectivity index (χ2n) is 6.10. The Bertz CT molecular complexity index is 802. The molecule has 0 unspecified atom stereocenters. The summed E-state index contributed by atoms with van der Waals surface area (Å²) in [5, 5.41) is 1.34. The van der Waals surface area contributed by atoms with Crippen LogP contribution < -0.4 is 0 Å². The van der Waals surface area contributed by atoms with E-state index in [4.69, 9.17) is 0 Å². The van der Waals surface area contributed by atoms with Gasteiger partial charge in [0.15, 0.2) is 0 Å². The van der Waals surface area contributed by atoms with Crippen molar-refractivity contribution in [3.63, 3.8) is 0 Å². The van der Waals surface area contributed by atoms with E-state index in [1.165, 1.54) is 37.4 Å². The second-order valence-corrected chi connectivity index (χ2v) is 7.19. The minimum Gasteiger partial charge on any atom is -0.360 e. The molecular weight excluding hydrogens is 288 g/mol. The molecule has 3 aromatic rings. The Morgan fingerprint density at radius 2 is 1.86 bits per heavy atom. The molecule has 0 amide bonds. The van der Waals surface area contributed by atoms with Crippen molar-refractivity contribution < 1.29 is 0 Å². The van der Waals surface area contributed by atoms with Crippen molar-refractivity contribution in [3.05, 3.63) is 59.3 Å². The van der Waals surface area contributed by atoms with Gasteiger partial charge >= 0.3 is 0 Å². The number of fused-ring (bicyclic) bond motifs is 1. The summed E-state index contributed by atoms with van der Waals surface area (Å²) in [5.41, 5.74) is 5.24. The van der Waals surface area contributed by atoms with Crippen molar-refractivity contribution in [2.45, 2.75) is 30.2 Å². The molecule has 0 saturated carbocycles. The van der Waals surface area contributed by atoms with E-state index in [0.717, 1.165) is 6.54 Å². The van der Waals surface area contributed by atoms with Crippen LogP contribution in [0.5, 0.6) is 0 Å². The Morgan fingerprint density at radius 3 is 2.64 bits per heavy atom. The summed E-state index contributed by atoms with van der Waals surface area (Å²) in [6.07, 6.45) is 2.13. The topological polar surface area (TPSA) is 19.0 Å². The van der Waals surface area contributed by atoms with Crippen molar-refractivity contribution in [2.75, 3.05) is 14.1 Å². The molecule has 0 radical (unpaired) electrons. The number of nitrogens with one attached hydrogen (secondary N) is 1. The van der Waals surface area contributed by atoms with Gasteiger partial charge in [-0.1, -0.05) is 41.6 Å². The van der Waals surface area contributed by atoms with Crippen molar-refractivity contribution in [2.24, 2.45) is 0 Å². The first-order valence-electron chi connectivity index (χ1n) is 7.53. The molecule has 0 bridgehead atoms. The zero-order valence-corrected chi connectivity index (χ0v) is 14.4. The number of nitrogens with zero attached hydrogens (tertiary/aromatic N) is 1. The van der Waals surface area contributed by atoms with E-state index in [-0.39, 0.29) is 0 Å². The lowest BCUT2D eigenvalue weighted by atomic mass is 10.1. The predicted octanol–water partition coefficient (Wildman–Crippen LogP) is 5.00. The molecule has 2 aromatic carbocycles. The Labute approximate surface area is 136 Å². The van der Waals surface area contributed by atoms with Crippen LogP contribution in [-0.4, -0.2) is 24.0 Å². The van der Waals surface area contributed by atoms with Crippen LogP contribution in [0.15, 0.2) is 52.4 Å². The summed E-state index contributed by atoms with van der Waals surface area (Å²) in [5.74, 6) is 0. The lowest BCUT2D eigenvalue weighted by Gasteiger charge is -2.14. The summed E-state index contributed by atoms with van der Waals surface area (Å²) >= 11 is 1.86. The molecule has 0 aliphatic carbocycles. The van der Waals surface area contributed by atoms with Crippen LogP contribution in [0.2, 0.25) is 0 Å². The first kappa shape index (κ1) is 15.2. The molecule has 0 atom stereocenters. The third-order valence-corrected chi connectivity index (χ3v) is 4.96. The van der Waals surface area contributed by atoms with E-state index in [9.17, 15) is 0 Å². The summed E-state index contributed by atoms with van der Waals surface area (Å²) in [6.45, 7) is 5.30. The van der Waals surface area contributed by atoms with Crippen LogP contribution in [0.25, 0.3) is 10.9 Å². The fourth-order valence-electron chi connectivity index (χ4n) is 2.80. The second kappa shape index (κ2) is 6.19.